The van der Waals surface area contributed by atoms with E-state index in [4.69, 9.17) is 16.6 Å². The fraction of sp³-hybridized carbons (Fsp3) is 0.286. The largest absolute Gasteiger partial charge is 0.336 e. The second-order valence-corrected chi connectivity index (χ2v) is 9.31. The van der Waals surface area contributed by atoms with Gasteiger partial charge in [0.2, 0.25) is 6.29 Å². The molecule has 30 heavy (non-hydrogen) atoms. The summed E-state index contributed by atoms with van der Waals surface area (Å²) in [4.78, 5) is 40.3. The van der Waals surface area contributed by atoms with Gasteiger partial charge in [0.25, 0.3) is 5.91 Å². The molecule has 1 amide bonds. The molecule has 1 aromatic carbocycles. The monoisotopic (exact) mass is 551 g/mol. The minimum absolute atomic E-state index is 0.175. The van der Waals surface area contributed by atoms with Crippen molar-refractivity contribution in [2.45, 2.75) is 25.7 Å². The van der Waals surface area contributed by atoms with Crippen LogP contribution in [0, 0.1) is 4.91 Å². The first kappa shape index (κ1) is 21.3. The average molecular weight is 554 g/mol. The van der Waals surface area contributed by atoms with Gasteiger partial charge in [0.15, 0.2) is 0 Å². The summed E-state index contributed by atoms with van der Waals surface area (Å²) in [7, 11) is 0. The minimum atomic E-state index is -0.496. The highest BCUT2D eigenvalue weighted by atomic mass is 79.9. The van der Waals surface area contributed by atoms with E-state index in [1.54, 1.807) is 17.2 Å². The van der Waals surface area contributed by atoms with Crippen LogP contribution in [0.2, 0.25) is 5.02 Å². The number of halogens is 3. The number of fused-ring (bicyclic) bond motifs is 2. The Morgan fingerprint density at radius 3 is 2.57 bits per heavy atom. The molecule has 2 heterocycles. The molecule has 1 aromatic heterocycles. The zero-order valence-corrected chi connectivity index (χ0v) is 19.7. The summed E-state index contributed by atoms with van der Waals surface area (Å²) in [5, 5.41) is 3.42. The lowest BCUT2D eigenvalue weighted by Crippen LogP contribution is -2.37. The van der Waals surface area contributed by atoms with E-state index >= 15 is 0 Å². The van der Waals surface area contributed by atoms with Gasteiger partial charge in [0.05, 0.1) is 10.7 Å². The van der Waals surface area contributed by atoms with Crippen molar-refractivity contribution in [1.29, 1.82) is 0 Å². The zero-order chi connectivity index (χ0) is 21.4. The number of amides is 1. The first-order chi connectivity index (χ1) is 14.4. The number of benzene rings is 1. The highest BCUT2D eigenvalue weighted by Crippen LogP contribution is 2.45. The maximum Gasteiger partial charge on any atom is 0.286 e. The molecule has 1 fully saturated rings. The van der Waals surface area contributed by atoms with E-state index in [2.05, 4.69) is 43.1 Å². The van der Waals surface area contributed by atoms with E-state index in [0.717, 1.165) is 50.8 Å². The van der Waals surface area contributed by atoms with E-state index in [-0.39, 0.29) is 5.69 Å². The first-order valence-electron chi connectivity index (χ1n) is 9.40. The predicted octanol–water partition coefficient (Wildman–Crippen LogP) is 5.38. The fourth-order valence-corrected chi connectivity index (χ4v) is 5.34. The van der Waals surface area contributed by atoms with Crippen LogP contribution in [0.15, 0.2) is 38.0 Å². The van der Waals surface area contributed by atoms with Crippen LogP contribution in [0.5, 0.6) is 0 Å². The Bertz CT molecular complexity index is 1110. The van der Waals surface area contributed by atoms with Crippen LogP contribution in [-0.4, -0.2) is 35.2 Å². The number of piperidine rings is 1. The summed E-state index contributed by atoms with van der Waals surface area (Å²) >= 11 is 13.4. The van der Waals surface area contributed by atoms with Gasteiger partial charge in [0, 0.05) is 33.8 Å². The van der Waals surface area contributed by atoms with Crippen LogP contribution >= 0.6 is 43.5 Å². The molecule has 9 heteroatoms. The van der Waals surface area contributed by atoms with Gasteiger partial charge in [-0.2, -0.15) is 0 Å². The van der Waals surface area contributed by atoms with Crippen LogP contribution in [0.1, 0.15) is 35.2 Å². The molecule has 6 nitrogen and oxygen atoms in total. The second kappa shape index (κ2) is 8.69. The third-order valence-corrected chi connectivity index (χ3v) is 7.52. The zero-order valence-electron chi connectivity index (χ0n) is 15.8. The summed E-state index contributed by atoms with van der Waals surface area (Å²) in [5.41, 5.74) is 6.14. The number of carbonyl (C=O) groups excluding carboxylic acids is 2. The molecule has 0 N–H and O–H groups in total. The number of aryl methyl sites for hydroxylation is 1. The van der Waals surface area contributed by atoms with Crippen molar-refractivity contribution in [1.82, 2.24) is 9.88 Å². The number of hydrogen-bond acceptors (Lipinski definition) is 5. The summed E-state index contributed by atoms with van der Waals surface area (Å²) in [6.07, 6.45) is 4.86. The SMILES string of the molecule is O=CC(=O)N1CCC(=C2c3cc(N=O)c(Cl)c(Br)c3CCc3cc(Br)cnc32)CC1. The maximum absolute atomic E-state index is 11.8. The minimum Gasteiger partial charge on any atom is -0.336 e. The lowest BCUT2D eigenvalue weighted by atomic mass is 9.88. The molecule has 0 spiro atoms. The third-order valence-electron chi connectivity index (χ3n) is 5.60. The standard InChI is InChI=1S/C21H16Br2ClN3O3/c22-13-7-12-1-2-14-15(8-16(26-30)20(24)19(14)23)18(21(12)25-9-13)11-3-5-27(6-4-11)17(29)10-28/h7-10H,1-6H2. The highest BCUT2D eigenvalue weighted by Gasteiger charge is 2.29. The Morgan fingerprint density at radius 1 is 1.17 bits per heavy atom. The van der Waals surface area contributed by atoms with Crippen molar-refractivity contribution in [3.63, 3.8) is 0 Å². The smallest absolute Gasteiger partial charge is 0.286 e. The van der Waals surface area contributed by atoms with Crippen molar-refractivity contribution in [3.05, 3.63) is 65.2 Å². The van der Waals surface area contributed by atoms with Gasteiger partial charge >= 0.3 is 0 Å². The number of rotatable bonds is 2. The molecule has 0 atom stereocenters. The Balaban J connectivity index is 1.93. The molecule has 4 rings (SSSR count). The van der Waals surface area contributed by atoms with E-state index in [0.29, 0.717) is 41.7 Å². The summed E-state index contributed by atoms with van der Waals surface area (Å²) in [6, 6.07) is 3.80. The van der Waals surface area contributed by atoms with Crippen molar-refractivity contribution >= 4 is 66.9 Å². The van der Waals surface area contributed by atoms with Gasteiger partial charge in [-0.3, -0.25) is 14.6 Å². The predicted molar refractivity (Wildman–Crippen MR) is 122 cm³/mol. The van der Waals surface area contributed by atoms with Crippen LogP contribution in [0.3, 0.4) is 0 Å². The van der Waals surface area contributed by atoms with Crippen LogP contribution in [0.25, 0.3) is 5.57 Å². The van der Waals surface area contributed by atoms with Crippen LogP contribution < -0.4 is 0 Å². The number of likely N-dealkylation sites (tertiary alicyclic amines) is 1. The third kappa shape index (κ3) is 3.76. The van der Waals surface area contributed by atoms with Gasteiger partial charge in [-0.1, -0.05) is 17.2 Å². The quantitative estimate of drug-likeness (QED) is 0.284. The molecule has 154 valence electrons. The van der Waals surface area contributed by atoms with E-state index in [1.807, 2.05) is 0 Å². The fourth-order valence-electron chi connectivity index (χ4n) is 4.15. The average Bonchev–Trinajstić information content (AvgIpc) is 2.92. The summed E-state index contributed by atoms with van der Waals surface area (Å²) in [6.45, 7) is 0.927. The molecule has 1 aliphatic carbocycles. The van der Waals surface area contributed by atoms with Crippen molar-refractivity contribution in [2.75, 3.05) is 13.1 Å². The first-order valence-corrected chi connectivity index (χ1v) is 11.4. The number of hydrogen-bond donors (Lipinski definition) is 0. The molecule has 2 aliphatic rings. The topological polar surface area (TPSA) is 79.7 Å². The number of aromatic nitrogens is 1. The summed E-state index contributed by atoms with van der Waals surface area (Å²) in [5.74, 6) is -0.496. The number of aldehydes is 1. The van der Waals surface area contributed by atoms with Crippen molar-refractivity contribution in [3.8, 4) is 0 Å². The molecule has 0 bridgehead atoms. The molecular weight excluding hydrogens is 538 g/mol. The van der Waals surface area contributed by atoms with Crippen LogP contribution in [0.4, 0.5) is 5.69 Å². The maximum atomic E-state index is 11.8. The Labute approximate surface area is 194 Å². The molecule has 1 saturated heterocycles. The molecule has 0 radical (unpaired) electrons. The van der Waals surface area contributed by atoms with Crippen LogP contribution in [-0.2, 0) is 22.4 Å². The van der Waals surface area contributed by atoms with E-state index in [9.17, 15) is 14.5 Å². The lowest BCUT2D eigenvalue weighted by Gasteiger charge is -2.29. The molecule has 2 aromatic rings. The Kier molecular flexibility index (Phi) is 6.18. The van der Waals surface area contributed by atoms with Gasteiger partial charge in [0.1, 0.15) is 5.69 Å². The Morgan fingerprint density at radius 2 is 1.90 bits per heavy atom. The number of carbonyl (C=O) groups is 2. The van der Waals surface area contributed by atoms with Gasteiger partial charge in [-0.15, -0.1) is 4.91 Å². The van der Waals surface area contributed by atoms with Crippen molar-refractivity contribution < 1.29 is 9.59 Å². The van der Waals surface area contributed by atoms with E-state index in [1.165, 1.54) is 0 Å². The highest BCUT2D eigenvalue weighted by molar-refractivity contribution is 9.10. The van der Waals surface area contributed by atoms with Crippen molar-refractivity contribution in [2.24, 2.45) is 5.18 Å². The van der Waals surface area contributed by atoms with Gasteiger partial charge in [-0.05, 0) is 91.5 Å². The lowest BCUT2D eigenvalue weighted by molar-refractivity contribution is -0.139. The second-order valence-electron chi connectivity index (χ2n) is 7.22. The molecular formula is C21H16Br2ClN3O3. The Hall–Kier alpha value is -1.90. The number of pyridine rings is 1. The summed E-state index contributed by atoms with van der Waals surface area (Å²) < 4.78 is 1.57. The molecule has 0 unspecified atom stereocenters. The van der Waals surface area contributed by atoms with Gasteiger partial charge in [-0.25, -0.2) is 0 Å². The number of nitroso groups, excluding NO2 is 1. The molecule has 1 aliphatic heterocycles. The number of nitrogens with zero attached hydrogens (tertiary/aromatic N) is 3. The normalized spacial score (nSPS) is 15.9. The van der Waals surface area contributed by atoms with Gasteiger partial charge < -0.3 is 4.90 Å². The molecule has 0 saturated carbocycles. The van der Waals surface area contributed by atoms with E-state index < -0.39 is 5.91 Å².